The molecule has 8 nitrogen and oxygen atoms in total. The number of rotatable bonds is 6. The number of halogens is 4. The lowest BCUT2D eigenvalue weighted by Gasteiger charge is -2.45. The fourth-order valence-corrected chi connectivity index (χ4v) is 7.33. The lowest BCUT2D eigenvalue weighted by molar-refractivity contribution is -0.136. The van der Waals surface area contributed by atoms with Crippen molar-refractivity contribution in [1.82, 2.24) is 29.6 Å². The Kier molecular flexibility index (Phi) is 7.52. The summed E-state index contributed by atoms with van der Waals surface area (Å²) in [6.45, 7) is 4.93. The molecule has 4 fully saturated rings. The van der Waals surface area contributed by atoms with E-state index in [-0.39, 0.29) is 24.3 Å². The highest BCUT2D eigenvalue weighted by Crippen LogP contribution is 2.43. The number of fused-ring (bicyclic) bond motifs is 1. The molecule has 4 atom stereocenters. The summed E-state index contributed by atoms with van der Waals surface area (Å²) in [5.41, 5.74) is 4.47. The van der Waals surface area contributed by atoms with Gasteiger partial charge in [0.25, 0.3) is 0 Å². The molecule has 0 bridgehead atoms. The van der Waals surface area contributed by atoms with Crippen LogP contribution in [0.5, 0.6) is 0 Å². The monoisotopic (exact) mass is 568 g/mol. The molecule has 2 N–H and O–H groups in total. The highest BCUT2D eigenvalue weighted by Gasteiger charge is 2.44. The summed E-state index contributed by atoms with van der Waals surface area (Å²) < 4.78 is 65.3. The van der Waals surface area contributed by atoms with Crippen molar-refractivity contribution in [3.05, 3.63) is 40.1 Å². The summed E-state index contributed by atoms with van der Waals surface area (Å²) >= 11 is 0. The second-order valence-electron chi connectivity index (χ2n) is 12.7. The maximum Gasteiger partial charge on any atom is 0.418 e. The summed E-state index contributed by atoms with van der Waals surface area (Å²) in [6, 6.07) is 0.996. The molecule has 40 heavy (non-hydrogen) atoms. The number of ether oxygens (including phenoxy) is 1. The first-order valence-electron chi connectivity index (χ1n) is 14.5. The smallest absolute Gasteiger partial charge is 0.381 e. The van der Waals surface area contributed by atoms with Crippen LogP contribution in [0, 0.1) is 17.8 Å². The Hall–Kier alpha value is -1.99. The highest BCUT2D eigenvalue weighted by molar-refractivity contribution is 5.56. The summed E-state index contributed by atoms with van der Waals surface area (Å²) in [6.07, 6.45) is 2.64. The molecule has 12 heteroatoms. The topological polar surface area (TPSA) is 66.2 Å². The molecule has 0 spiro atoms. The van der Waals surface area contributed by atoms with Gasteiger partial charge >= 0.3 is 11.9 Å². The molecule has 1 aliphatic carbocycles. The molecule has 222 valence electrons. The number of nitrogens with zero attached hydrogens (tertiary/aromatic N) is 4. The van der Waals surface area contributed by atoms with Crippen LogP contribution < -0.4 is 16.5 Å². The van der Waals surface area contributed by atoms with Gasteiger partial charge in [0, 0.05) is 44.0 Å². The van der Waals surface area contributed by atoms with Gasteiger partial charge in [-0.15, -0.1) is 0 Å². The van der Waals surface area contributed by atoms with E-state index in [2.05, 4.69) is 22.8 Å². The molecule has 6 rings (SSSR count). The maximum absolute atomic E-state index is 14.3. The number of pyridine rings is 1. The van der Waals surface area contributed by atoms with Crippen LogP contribution in [0.3, 0.4) is 0 Å². The van der Waals surface area contributed by atoms with Gasteiger partial charge in [0.05, 0.1) is 37.1 Å². The predicted octanol–water partition coefficient (Wildman–Crippen LogP) is 3.76. The molecule has 0 amide bonds. The first kappa shape index (κ1) is 28.1. The fraction of sp³-hybridized carbons (Fsp3) is 0.750. The van der Waals surface area contributed by atoms with Crippen LogP contribution in [0.1, 0.15) is 62.6 Å². The van der Waals surface area contributed by atoms with Gasteiger partial charge in [-0.2, -0.15) is 13.2 Å². The van der Waals surface area contributed by atoms with E-state index in [1.165, 1.54) is 10.6 Å². The van der Waals surface area contributed by atoms with Crippen LogP contribution in [-0.2, 0) is 17.5 Å². The number of aromatic nitrogens is 2. The Morgan fingerprint density at radius 3 is 2.52 bits per heavy atom. The number of hydrogen-bond donors (Lipinski definition) is 2. The van der Waals surface area contributed by atoms with Crippen molar-refractivity contribution in [3.8, 4) is 0 Å². The van der Waals surface area contributed by atoms with E-state index in [4.69, 9.17) is 4.74 Å². The Balaban J connectivity index is 1.29. The molecule has 3 aliphatic heterocycles. The third-order valence-corrected chi connectivity index (χ3v) is 9.71. The lowest BCUT2D eigenvalue weighted by atomic mass is 9.70. The molecular weight excluding hydrogens is 528 g/mol. The second kappa shape index (κ2) is 10.7. The molecule has 3 saturated heterocycles. The van der Waals surface area contributed by atoms with E-state index in [1.807, 2.05) is 4.90 Å². The highest BCUT2D eigenvalue weighted by atomic mass is 19.4. The van der Waals surface area contributed by atoms with E-state index in [0.717, 1.165) is 38.4 Å². The minimum Gasteiger partial charge on any atom is -0.381 e. The zero-order valence-electron chi connectivity index (χ0n) is 23.2. The Bertz CT molecular complexity index is 1260. The van der Waals surface area contributed by atoms with Gasteiger partial charge in [-0.05, 0) is 69.5 Å². The van der Waals surface area contributed by atoms with Crippen LogP contribution in [0.2, 0.25) is 0 Å². The molecule has 2 aromatic rings. The number of nitrogens with one attached hydrogen (secondary N) is 2. The standard InChI is InChI=1S/C28H40F4N6O2/c1-27(29)6-8-36(9-7-27)12-18-10-22(28(30,31)32)23-14-37(26(39)38(23)13-18)21-5-3-4-19(11-21)24(20-15-40-16-20)25-34-33-17-35(25)2/h10,13-14,19-21,24-25,33-34H,3-9,11-12,15-17H2,1-2H3/t19?,21?,24-,25?/m0/s1. The quantitative estimate of drug-likeness (QED) is 0.518. The molecule has 5 heterocycles. The van der Waals surface area contributed by atoms with Crippen molar-refractivity contribution in [2.24, 2.45) is 17.8 Å². The minimum absolute atomic E-state index is 0.108. The average molecular weight is 569 g/mol. The molecule has 3 unspecified atom stereocenters. The van der Waals surface area contributed by atoms with Crippen molar-refractivity contribution in [3.63, 3.8) is 0 Å². The van der Waals surface area contributed by atoms with Crippen LogP contribution in [0.15, 0.2) is 23.3 Å². The third-order valence-electron chi connectivity index (χ3n) is 9.71. The normalized spacial score (nSPS) is 29.6. The summed E-state index contributed by atoms with van der Waals surface area (Å²) in [5, 5.41) is 0. The molecule has 4 aliphatic rings. The largest absolute Gasteiger partial charge is 0.418 e. The van der Waals surface area contributed by atoms with E-state index >= 15 is 0 Å². The Morgan fingerprint density at radius 1 is 1.15 bits per heavy atom. The third kappa shape index (κ3) is 5.45. The summed E-state index contributed by atoms with van der Waals surface area (Å²) in [4.78, 5) is 17.9. The zero-order chi connectivity index (χ0) is 28.2. The van der Waals surface area contributed by atoms with Crippen LogP contribution in [0.25, 0.3) is 5.52 Å². The predicted molar refractivity (Wildman–Crippen MR) is 142 cm³/mol. The van der Waals surface area contributed by atoms with Gasteiger partial charge in [0.1, 0.15) is 5.67 Å². The van der Waals surface area contributed by atoms with Crippen LogP contribution in [-0.4, -0.2) is 70.6 Å². The SMILES string of the molecule is CN1CNNC1[C@H](C1COC1)C1CCCC(n2cc3c(C(F)(F)F)cc(CN4CCC(C)(F)CC4)cn3c2=O)C1. The van der Waals surface area contributed by atoms with Crippen molar-refractivity contribution in [1.29, 1.82) is 0 Å². The zero-order valence-corrected chi connectivity index (χ0v) is 23.2. The molecule has 2 aromatic heterocycles. The molecule has 1 saturated carbocycles. The first-order chi connectivity index (χ1) is 19.0. The lowest BCUT2D eigenvalue weighted by Crippen LogP contribution is -2.53. The Morgan fingerprint density at radius 2 is 1.90 bits per heavy atom. The van der Waals surface area contributed by atoms with Crippen molar-refractivity contribution < 1.29 is 22.3 Å². The van der Waals surface area contributed by atoms with Gasteiger partial charge in [0.15, 0.2) is 0 Å². The second-order valence-corrected chi connectivity index (χ2v) is 12.7. The van der Waals surface area contributed by atoms with E-state index in [0.29, 0.717) is 62.5 Å². The van der Waals surface area contributed by atoms with Gasteiger partial charge in [-0.1, -0.05) is 6.42 Å². The van der Waals surface area contributed by atoms with Crippen molar-refractivity contribution in [2.75, 3.05) is 40.0 Å². The first-order valence-corrected chi connectivity index (χ1v) is 14.5. The van der Waals surface area contributed by atoms with Gasteiger partial charge in [-0.3, -0.25) is 18.8 Å². The molecule has 0 radical (unpaired) electrons. The van der Waals surface area contributed by atoms with Crippen LogP contribution >= 0.6 is 0 Å². The van der Waals surface area contributed by atoms with Crippen LogP contribution in [0.4, 0.5) is 17.6 Å². The molecule has 0 aromatic carbocycles. The van der Waals surface area contributed by atoms with Gasteiger partial charge in [-0.25, -0.2) is 20.0 Å². The average Bonchev–Trinajstić information content (AvgIpc) is 3.44. The number of hydrazine groups is 1. The number of hydrogen-bond acceptors (Lipinski definition) is 6. The van der Waals surface area contributed by atoms with Gasteiger partial charge < -0.3 is 4.74 Å². The fourth-order valence-electron chi connectivity index (χ4n) is 7.33. The summed E-state index contributed by atoms with van der Waals surface area (Å²) in [7, 11) is 2.08. The summed E-state index contributed by atoms with van der Waals surface area (Å²) in [5.74, 6) is 1.05. The van der Waals surface area contributed by atoms with Gasteiger partial charge in [0.2, 0.25) is 0 Å². The maximum atomic E-state index is 14.3. The number of likely N-dealkylation sites (tertiary alicyclic amines) is 1. The number of alkyl halides is 4. The number of imidazole rings is 1. The van der Waals surface area contributed by atoms with E-state index in [9.17, 15) is 22.4 Å². The van der Waals surface area contributed by atoms with E-state index < -0.39 is 23.1 Å². The number of piperidine rings is 1. The van der Waals surface area contributed by atoms with E-state index in [1.54, 1.807) is 17.7 Å². The Labute approximate surface area is 231 Å². The molecular formula is C28H40F4N6O2. The minimum atomic E-state index is -4.60. The van der Waals surface area contributed by atoms with Crippen molar-refractivity contribution >= 4 is 5.52 Å². The van der Waals surface area contributed by atoms with Crippen molar-refractivity contribution in [2.45, 2.75) is 76.0 Å².